The normalized spacial score (nSPS) is 28.4. The minimum atomic E-state index is -3.84. The van der Waals surface area contributed by atoms with Crippen molar-refractivity contribution in [2.45, 2.75) is 57.6 Å². The van der Waals surface area contributed by atoms with Crippen molar-refractivity contribution in [1.29, 1.82) is 0 Å². The van der Waals surface area contributed by atoms with Crippen LogP contribution >= 0.6 is 0 Å². The fraction of sp³-hybridized carbons (Fsp3) is 0.440. The summed E-state index contributed by atoms with van der Waals surface area (Å²) in [6.45, 7) is 8.11. The second-order valence-corrected chi connectivity index (χ2v) is 11.5. The van der Waals surface area contributed by atoms with Crippen LogP contribution in [0.5, 0.6) is 0 Å². The number of ether oxygens (including phenoxy) is 1. The summed E-state index contributed by atoms with van der Waals surface area (Å²) in [5.41, 5.74) is 0.524. The van der Waals surface area contributed by atoms with Crippen molar-refractivity contribution in [2.24, 2.45) is 16.7 Å². The molecule has 170 valence electrons. The minimum Gasteiger partial charge on any atom is -0.454 e. The zero-order chi connectivity index (χ0) is 23.3. The number of ketones is 1. The zero-order valence-corrected chi connectivity index (χ0v) is 19.6. The summed E-state index contributed by atoms with van der Waals surface area (Å²) in [6.07, 6.45) is 0.903. The molecule has 0 aromatic heterocycles. The number of carbonyl (C=O) groups is 2. The number of sulfonamides is 1. The summed E-state index contributed by atoms with van der Waals surface area (Å²) in [7, 11) is -3.84. The van der Waals surface area contributed by atoms with Crippen molar-refractivity contribution >= 4 is 21.8 Å². The molecular formula is C25H29NO5S. The van der Waals surface area contributed by atoms with Crippen LogP contribution in [0.2, 0.25) is 0 Å². The standard InChI is InChI=1S/C25H29NO5S/c1-16-10-12-18(13-11-16)32(29,30)26-22-21(19-14-15-25(22,4)24(19,2)3)31-23(28)20(27)17-8-6-5-7-9-17/h5-13,19,21-22,26H,14-15H2,1-4H3/t19-,21-,22-,25+/m1/s1. The topological polar surface area (TPSA) is 89.5 Å². The molecule has 6 nitrogen and oxygen atoms in total. The van der Waals surface area contributed by atoms with E-state index in [2.05, 4.69) is 18.6 Å². The molecule has 4 rings (SSSR count). The van der Waals surface area contributed by atoms with Crippen molar-refractivity contribution < 1.29 is 22.7 Å². The highest BCUT2D eigenvalue weighted by atomic mass is 32.2. The Labute approximate surface area is 189 Å². The number of hydrogen-bond donors (Lipinski definition) is 1. The summed E-state index contributed by atoms with van der Waals surface area (Å²) < 4.78 is 35.0. The van der Waals surface area contributed by atoms with E-state index in [1.54, 1.807) is 54.6 Å². The molecule has 0 unspecified atom stereocenters. The molecule has 32 heavy (non-hydrogen) atoms. The first kappa shape index (κ1) is 22.7. The SMILES string of the molecule is Cc1ccc(S(=O)(=O)N[C@@H]2[C@H](OC(=O)C(=O)c3ccccc3)[C@H]3CC[C@]2(C)C3(C)C)cc1. The van der Waals surface area contributed by atoms with Gasteiger partial charge in [-0.2, -0.15) is 0 Å². The van der Waals surface area contributed by atoms with Crippen LogP contribution in [0, 0.1) is 23.7 Å². The first-order chi connectivity index (χ1) is 15.0. The molecule has 0 saturated heterocycles. The number of rotatable bonds is 6. The van der Waals surface area contributed by atoms with E-state index in [1.807, 2.05) is 13.8 Å². The van der Waals surface area contributed by atoms with Gasteiger partial charge in [0.2, 0.25) is 10.0 Å². The highest BCUT2D eigenvalue weighted by Gasteiger charge is 2.68. The van der Waals surface area contributed by atoms with Crippen LogP contribution in [-0.2, 0) is 19.6 Å². The monoisotopic (exact) mass is 455 g/mol. The third kappa shape index (κ3) is 3.57. The van der Waals surface area contributed by atoms with Gasteiger partial charge in [0.25, 0.3) is 5.78 Å². The highest BCUT2D eigenvalue weighted by Crippen LogP contribution is 2.66. The van der Waals surface area contributed by atoms with Gasteiger partial charge >= 0.3 is 5.97 Å². The maximum atomic E-state index is 13.2. The van der Waals surface area contributed by atoms with E-state index < -0.39 is 39.3 Å². The third-order valence-corrected chi connectivity index (χ3v) is 9.32. The van der Waals surface area contributed by atoms with E-state index in [0.29, 0.717) is 0 Å². The summed E-state index contributed by atoms with van der Waals surface area (Å²) >= 11 is 0. The van der Waals surface area contributed by atoms with Gasteiger partial charge in [-0.25, -0.2) is 17.9 Å². The minimum absolute atomic E-state index is 0.0502. The van der Waals surface area contributed by atoms with Crippen molar-refractivity contribution in [3.8, 4) is 0 Å². The third-order valence-electron chi connectivity index (χ3n) is 7.86. The molecule has 2 aliphatic rings. The Hall–Kier alpha value is -2.51. The summed E-state index contributed by atoms with van der Waals surface area (Å²) in [5.74, 6) is -1.73. The predicted molar refractivity (Wildman–Crippen MR) is 121 cm³/mol. The fourth-order valence-electron chi connectivity index (χ4n) is 5.47. The van der Waals surface area contributed by atoms with E-state index in [1.165, 1.54) is 0 Å². The number of aryl methyl sites for hydroxylation is 1. The van der Waals surface area contributed by atoms with Crippen molar-refractivity contribution in [3.05, 3.63) is 65.7 Å². The van der Waals surface area contributed by atoms with E-state index in [4.69, 9.17) is 4.74 Å². The van der Waals surface area contributed by atoms with Crippen LogP contribution in [0.4, 0.5) is 0 Å². The number of benzene rings is 2. The molecule has 0 heterocycles. The molecule has 2 fully saturated rings. The van der Waals surface area contributed by atoms with Crippen molar-refractivity contribution in [3.63, 3.8) is 0 Å². The molecule has 0 aliphatic heterocycles. The highest BCUT2D eigenvalue weighted by molar-refractivity contribution is 7.89. The number of nitrogens with one attached hydrogen (secondary N) is 1. The van der Waals surface area contributed by atoms with E-state index in [-0.39, 0.29) is 21.8 Å². The molecular weight excluding hydrogens is 426 g/mol. The van der Waals surface area contributed by atoms with Crippen LogP contribution in [0.1, 0.15) is 49.5 Å². The van der Waals surface area contributed by atoms with Gasteiger partial charge in [0, 0.05) is 11.5 Å². The maximum Gasteiger partial charge on any atom is 0.380 e. The zero-order valence-electron chi connectivity index (χ0n) is 18.8. The number of carbonyl (C=O) groups excluding carboxylic acids is 2. The molecule has 2 bridgehead atoms. The van der Waals surface area contributed by atoms with Crippen LogP contribution in [0.15, 0.2) is 59.5 Å². The first-order valence-electron chi connectivity index (χ1n) is 10.9. The second kappa shape index (κ2) is 7.81. The Morgan fingerprint density at radius 1 is 1.00 bits per heavy atom. The molecule has 0 spiro atoms. The Morgan fingerprint density at radius 3 is 2.25 bits per heavy atom. The Bertz CT molecular complexity index is 1140. The van der Waals surface area contributed by atoms with Crippen LogP contribution in [0.25, 0.3) is 0 Å². The molecule has 2 aliphatic carbocycles. The Morgan fingerprint density at radius 2 is 1.62 bits per heavy atom. The van der Waals surface area contributed by atoms with Gasteiger partial charge in [0.05, 0.1) is 10.9 Å². The van der Waals surface area contributed by atoms with Crippen molar-refractivity contribution in [2.75, 3.05) is 0 Å². The molecule has 0 amide bonds. The van der Waals surface area contributed by atoms with Gasteiger partial charge in [-0.15, -0.1) is 0 Å². The predicted octanol–water partition coefficient (Wildman–Crippen LogP) is 3.89. The van der Waals surface area contributed by atoms with Gasteiger partial charge in [0.1, 0.15) is 6.10 Å². The smallest absolute Gasteiger partial charge is 0.380 e. The molecule has 7 heteroatoms. The largest absolute Gasteiger partial charge is 0.454 e. The lowest BCUT2D eigenvalue weighted by Gasteiger charge is -2.39. The first-order valence-corrected chi connectivity index (χ1v) is 12.3. The van der Waals surface area contributed by atoms with E-state index in [0.717, 1.165) is 18.4 Å². The Kier molecular flexibility index (Phi) is 5.54. The lowest BCUT2D eigenvalue weighted by atomic mass is 9.69. The second-order valence-electron chi connectivity index (χ2n) is 9.76. The number of fused-ring (bicyclic) bond motifs is 2. The van der Waals surface area contributed by atoms with Crippen molar-refractivity contribution in [1.82, 2.24) is 4.72 Å². The molecule has 2 aromatic carbocycles. The lowest BCUT2D eigenvalue weighted by Crippen LogP contribution is -2.53. The molecule has 0 radical (unpaired) electrons. The van der Waals surface area contributed by atoms with Crippen LogP contribution in [-0.4, -0.2) is 32.3 Å². The van der Waals surface area contributed by atoms with Gasteiger partial charge in [-0.3, -0.25) is 4.79 Å². The van der Waals surface area contributed by atoms with E-state index in [9.17, 15) is 18.0 Å². The number of hydrogen-bond acceptors (Lipinski definition) is 5. The van der Waals surface area contributed by atoms with Gasteiger partial charge < -0.3 is 4.74 Å². The fourth-order valence-corrected chi connectivity index (χ4v) is 6.83. The number of Topliss-reactive ketones (excluding diaryl/α,β-unsaturated/α-hetero) is 1. The van der Waals surface area contributed by atoms with Gasteiger partial charge in [-0.1, -0.05) is 68.8 Å². The summed E-state index contributed by atoms with van der Waals surface area (Å²) in [5, 5.41) is 0. The van der Waals surface area contributed by atoms with Gasteiger partial charge in [-0.05, 0) is 42.7 Å². The lowest BCUT2D eigenvalue weighted by molar-refractivity contribution is -0.147. The summed E-state index contributed by atoms with van der Waals surface area (Å²) in [4.78, 5) is 25.5. The Balaban J connectivity index is 1.64. The molecule has 1 N–H and O–H groups in total. The van der Waals surface area contributed by atoms with E-state index >= 15 is 0 Å². The molecule has 2 aromatic rings. The summed E-state index contributed by atoms with van der Waals surface area (Å²) in [6, 6.07) is 14.2. The molecule has 2 saturated carbocycles. The van der Waals surface area contributed by atoms with Gasteiger partial charge in [0.15, 0.2) is 0 Å². The maximum absolute atomic E-state index is 13.2. The quantitative estimate of drug-likeness (QED) is 0.405. The van der Waals surface area contributed by atoms with Crippen LogP contribution < -0.4 is 4.72 Å². The van der Waals surface area contributed by atoms with Crippen LogP contribution in [0.3, 0.4) is 0 Å². The average molecular weight is 456 g/mol. The number of esters is 1. The molecule has 4 atom stereocenters. The average Bonchev–Trinajstić information content (AvgIpc) is 3.07.